The summed E-state index contributed by atoms with van der Waals surface area (Å²) >= 11 is 0. The summed E-state index contributed by atoms with van der Waals surface area (Å²) in [6.45, 7) is 7.54. The minimum atomic E-state index is -0.505. The van der Waals surface area contributed by atoms with Gasteiger partial charge in [0.25, 0.3) is 0 Å². The zero-order chi connectivity index (χ0) is 20.7. The van der Waals surface area contributed by atoms with Crippen molar-refractivity contribution >= 4 is 17.0 Å². The number of fused-ring (bicyclic) bond motifs is 1. The molecule has 28 heavy (non-hydrogen) atoms. The Labute approximate surface area is 166 Å². The van der Waals surface area contributed by atoms with Crippen LogP contribution in [0.4, 0.5) is 4.79 Å². The number of nitrogens with one attached hydrogen (secondary N) is 1. The summed E-state index contributed by atoms with van der Waals surface area (Å²) in [5.74, 6) is 5.99. The third-order valence-electron chi connectivity index (χ3n) is 4.02. The number of allylic oxidation sites excluding steroid dienone is 1. The van der Waals surface area contributed by atoms with Gasteiger partial charge < -0.3 is 31.1 Å². The highest BCUT2D eigenvalue weighted by Crippen LogP contribution is 2.18. The molecule has 154 valence electrons. The fourth-order valence-corrected chi connectivity index (χ4v) is 2.78. The maximum absolute atomic E-state index is 11.6. The van der Waals surface area contributed by atoms with Crippen LogP contribution < -0.4 is 22.6 Å². The number of rotatable bonds is 8. The molecule has 0 fully saturated rings. The molecular weight excluding hydrogens is 356 g/mol. The number of aromatic nitrogens is 1. The largest absolute Gasteiger partial charge is 0.444 e. The molecule has 0 saturated heterocycles. The van der Waals surface area contributed by atoms with Gasteiger partial charge in [-0.05, 0) is 50.3 Å². The van der Waals surface area contributed by atoms with E-state index in [1.165, 1.54) is 5.01 Å². The molecule has 0 radical (unpaired) electrons. The third kappa shape index (κ3) is 6.79. The van der Waals surface area contributed by atoms with Crippen LogP contribution in [0, 0.1) is 0 Å². The van der Waals surface area contributed by atoms with Gasteiger partial charge in [0, 0.05) is 43.2 Å². The fraction of sp³-hybridized carbons (Fsp3) is 0.450. The standard InChI is InChI=1S/C20H32N6O2/c1-20(2,3)28-19(27)24-8-4-9-26(23)14-17(22)13-25-10-7-16-6-5-15(12-21)11-18(16)25/h5-7,10-11,14H,4,8-9,12-13,21-23H2,1-3H3,(H,24,27)/b17-14-. The Balaban J connectivity index is 1.82. The summed E-state index contributed by atoms with van der Waals surface area (Å²) in [4.78, 5) is 11.6. The molecule has 1 aromatic heterocycles. The molecule has 0 aliphatic carbocycles. The summed E-state index contributed by atoms with van der Waals surface area (Å²) in [5.41, 5.74) is 14.2. The quantitative estimate of drug-likeness (QED) is 0.311. The molecular formula is C20H32N6O2. The van der Waals surface area contributed by atoms with E-state index in [2.05, 4.69) is 22.0 Å². The lowest BCUT2D eigenvalue weighted by atomic mass is 10.1. The molecule has 0 spiro atoms. The van der Waals surface area contributed by atoms with Gasteiger partial charge in [0.15, 0.2) is 0 Å². The molecule has 0 aliphatic rings. The van der Waals surface area contributed by atoms with Crippen molar-refractivity contribution in [2.24, 2.45) is 17.3 Å². The number of amides is 1. The number of carbonyl (C=O) groups is 1. The lowest BCUT2D eigenvalue weighted by molar-refractivity contribution is 0.0526. The SMILES string of the molecule is CC(C)(C)OC(=O)NCCCN(N)/C=C(\N)Cn1ccc2ccc(CN)cc21. The van der Waals surface area contributed by atoms with E-state index >= 15 is 0 Å². The molecule has 8 nitrogen and oxygen atoms in total. The van der Waals surface area contributed by atoms with Crippen molar-refractivity contribution in [3.05, 3.63) is 47.9 Å². The highest BCUT2D eigenvalue weighted by atomic mass is 16.6. The summed E-state index contributed by atoms with van der Waals surface area (Å²) in [6, 6.07) is 8.20. The van der Waals surface area contributed by atoms with E-state index in [1.54, 1.807) is 6.20 Å². The molecule has 0 unspecified atom stereocenters. The average molecular weight is 389 g/mol. The molecule has 0 bridgehead atoms. The minimum Gasteiger partial charge on any atom is -0.444 e. The van der Waals surface area contributed by atoms with E-state index in [1.807, 2.05) is 39.1 Å². The van der Waals surface area contributed by atoms with Crippen molar-refractivity contribution in [3.8, 4) is 0 Å². The number of nitrogens with zero attached hydrogens (tertiary/aromatic N) is 2. The fourth-order valence-electron chi connectivity index (χ4n) is 2.78. The number of carbonyl (C=O) groups excluding carboxylic acids is 1. The first-order valence-electron chi connectivity index (χ1n) is 9.40. The molecule has 0 aliphatic heterocycles. The average Bonchev–Trinajstić information content (AvgIpc) is 2.99. The van der Waals surface area contributed by atoms with Gasteiger partial charge in [0.1, 0.15) is 5.60 Å². The van der Waals surface area contributed by atoms with Gasteiger partial charge in [-0.2, -0.15) is 0 Å². The second kappa shape index (κ2) is 9.48. The van der Waals surface area contributed by atoms with E-state index in [0.29, 0.717) is 38.3 Å². The number of hydrazine groups is 1. The van der Waals surface area contributed by atoms with Crippen LogP contribution in [-0.4, -0.2) is 34.4 Å². The van der Waals surface area contributed by atoms with Crippen LogP contribution in [0.3, 0.4) is 0 Å². The highest BCUT2D eigenvalue weighted by Gasteiger charge is 2.15. The van der Waals surface area contributed by atoms with Gasteiger partial charge >= 0.3 is 6.09 Å². The molecule has 8 heteroatoms. The molecule has 1 heterocycles. The maximum Gasteiger partial charge on any atom is 0.407 e. The molecule has 1 aromatic carbocycles. The third-order valence-corrected chi connectivity index (χ3v) is 4.02. The zero-order valence-corrected chi connectivity index (χ0v) is 16.9. The Morgan fingerprint density at radius 1 is 1.32 bits per heavy atom. The molecule has 1 amide bonds. The van der Waals surface area contributed by atoms with E-state index < -0.39 is 11.7 Å². The number of hydrogen-bond donors (Lipinski definition) is 4. The summed E-state index contributed by atoms with van der Waals surface area (Å²) in [6.07, 6.45) is 3.96. The number of benzene rings is 1. The first-order chi connectivity index (χ1) is 13.2. The summed E-state index contributed by atoms with van der Waals surface area (Å²) < 4.78 is 7.25. The number of nitrogens with two attached hydrogens (primary N) is 3. The first-order valence-corrected chi connectivity index (χ1v) is 9.40. The van der Waals surface area contributed by atoms with Crippen LogP contribution in [0.25, 0.3) is 10.9 Å². The molecule has 0 saturated carbocycles. The molecule has 2 rings (SSSR count). The Kier molecular flexibility index (Phi) is 7.31. The number of ether oxygens (including phenoxy) is 1. The highest BCUT2D eigenvalue weighted by molar-refractivity contribution is 5.80. The minimum absolute atomic E-state index is 0.428. The zero-order valence-electron chi connectivity index (χ0n) is 16.9. The Morgan fingerprint density at radius 2 is 2.07 bits per heavy atom. The van der Waals surface area contributed by atoms with Crippen LogP contribution in [0.15, 0.2) is 42.4 Å². The Hall–Kier alpha value is -2.71. The van der Waals surface area contributed by atoms with E-state index in [9.17, 15) is 4.79 Å². The second-order valence-electron chi connectivity index (χ2n) is 7.76. The lowest BCUT2D eigenvalue weighted by Gasteiger charge is -2.20. The van der Waals surface area contributed by atoms with Crippen molar-refractivity contribution in [2.75, 3.05) is 13.1 Å². The smallest absolute Gasteiger partial charge is 0.407 e. The van der Waals surface area contributed by atoms with Crippen molar-refractivity contribution < 1.29 is 9.53 Å². The molecule has 0 atom stereocenters. The van der Waals surface area contributed by atoms with Crippen LogP contribution in [0.5, 0.6) is 0 Å². The normalized spacial score (nSPS) is 12.2. The van der Waals surface area contributed by atoms with Crippen molar-refractivity contribution in [2.45, 2.75) is 45.9 Å². The van der Waals surface area contributed by atoms with Gasteiger partial charge in [0.05, 0.1) is 6.54 Å². The molecule has 7 N–H and O–H groups in total. The van der Waals surface area contributed by atoms with Crippen LogP contribution in [-0.2, 0) is 17.8 Å². The van der Waals surface area contributed by atoms with Crippen molar-refractivity contribution in [1.29, 1.82) is 0 Å². The predicted molar refractivity (Wildman–Crippen MR) is 112 cm³/mol. The van der Waals surface area contributed by atoms with Crippen LogP contribution in [0.2, 0.25) is 0 Å². The number of hydrogen-bond acceptors (Lipinski definition) is 6. The van der Waals surface area contributed by atoms with E-state index in [0.717, 1.165) is 16.5 Å². The van der Waals surface area contributed by atoms with Gasteiger partial charge in [-0.3, -0.25) is 0 Å². The van der Waals surface area contributed by atoms with Gasteiger partial charge in [-0.25, -0.2) is 10.6 Å². The monoisotopic (exact) mass is 388 g/mol. The van der Waals surface area contributed by atoms with Crippen LogP contribution in [0.1, 0.15) is 32.8 Å². The van der Waals surface area contributed by atoms with Crippen molar-refractivity contribution in [1.82, 2.24) is 14.9 Å². The lowest BCUT2D eigenvalue weighted by Crippen LogP contribution is -2.35. The van der Waals surface area contributed by atoms with Crippen LogP contribution >= 0.6 is 0 Å². The van der Waals surface area contributed by atoms with Gasteiger partial charge in [-0.15, -0.1) is 0 Å². The van der Waals surface area contributed by atoms with E-state index in [-0.39, 0.29) is 0 Å². The Bertz CT molecular complexity index is 822. The van der Waals surface area contributed by atoms with Crippen molar-refractivity contribution in [3.63, 3.8) is 0 Å². The second-order valence-corrected chi connectivity index (χ2v) is 7.76. The van der Waals surface area contributed by atoms with E-state index in [4.69, 9.17) is 22.0 Å². The first kappa shape index (κ1) is 21.6. The summed E-state index contributed by atoms with van der Waals surface area (Å²) in [5, 5.41) is 5.38. The predicted octanol–water partition coefficient (Wildman–Crippen LogP) is 1.99. The summed E-state index contributed by atoms with van der Waals surface area (Å²) in [7, 11) is 0. The number of alkyl carbamates (subject to hydrolysis) is 1. The topological polar surface area (TPSA) is 125 Å². The maximum atomic E-state index is 11.6. The van der Waals surface area contributed by atoms with Gasteiger partial charge in [-0.1, -0.05) is 12.1 Å². The Morgan fingerprint density at radius 3 is 2.75 bits per heavy atom. The molecule has 2 aromatic rings. The van der Waals surface area contributed by atoms with Gasteiger partial charge in [0.2, 0.25) is 0 Å².